The SMILES string of the molecule is COC(=O)C1=CS(=O)(=O)c2cc(N)ccc21. The van der Waals surface area contributed by atoms with Crippen LogP contribution >= 0.6 is 0 Å². The number of methoxy groups -OCH3 is 1. The van der Waals surface area contributed by atoms with Gasteiger partial charge in [-0.25, -0.2) is 13.2 Å². The van der Waals surface area contributed by atoms with Crippen LogP contribution in [0.3, 0.4) is 0 Å². The van der Waals surface area contributed by atoms with Crippen molar-refractivity contribution in [1.82, 2.24) is 0 Å². The van der Waals surface area contributed by atoms with Crippen LogP contribution in [0, 0.1) is 0 Å². The zero-order valence-electron chi connectivity index (χ0n) is 8.43. The minimum atomic E-state index is -3.58. The van der Waals surface area contributed by atoms with Gasteiger partial charge in [0.25, 0.3) is 0 Å². The first-order valence-corrected chi connectivity index (χ1v) is 5.95. The van der Waals surface area contributed by atoms with Crippen molar-refractivity contribution in [2.45, 2.75) is 4.90 Å². The van der Waals surface area contributed by atoms with Gasteiger partial charge < -0.3 is 10.5 Å². The molecule has 0 spiro atoms. The molecule has 0 fully saturated rings. The quantitative estimate of drug-likeness (QED) is 0.572. The van der Waals surface area contributed by atoms with E-state index < -0.39 is 15.8 Å². The van der Waals surface area contributed by atoms with Crippen LogP contribution < -0.4 is 5.73 Å². The fourth-order valence-electron chi connectivity index (χ4n) is 1.55. The first-order valence-electron chi connectivity index (χ1n) is 4.41. The molecular weight excluding hydrogens is 230 g/mol. The number of carbonyl (C=O) groups is 1. The first kappa shape index (κ1) is 10.7. The molecule has 0 radical (unpaired) electrons. The second kappa shape index (κ2) is 3.34. The largest absolute Gasteiger partial charge is 0.465 e. The van der Waals surface area contributed by atoms with E-state index in [1.54, 1.807) is 0 Å². The summed E-state index contributed by atoms with van der Waals surface area (Å²) in [7, 11) is -2.38. The Kier molecular flexibility index (Phi) is 2.23. The predicted molar refractivity (Wildman–Crippen MR) is 58.0 cm³/mol. The Bertz CT molecular complexity index is 601. The number of sulfone groups is 1. The van der Waals surface area contributed by atoms with Gasteiger partial charge in [0.05, 0.1) is 23.0 Å². The van der Waals surface area contributed by atoms with Gasteiger partial charge in [-0.15, -0.1) is 0 Å². The summed E-state index contributed by atoms with van der Waals surface area (Å²) >= 11 is 0. The topological polar surface area (TPSA) is 86.5 Å². The maximum absolute atomic E-state index is 11.7. The summed E-state index contributed by atoms with van der Waals surface area (Å²) in [4.78, 5) is 11.4. The average molecular weight is 239 g/mol. The Morgan fingerprint density at radius 1 is 1.38 bits per heavy atom. The molecule has 1 aromatic carbocycles. The number of fused-ring (bicyclic) bond motifs is 1. The van der Waals surface area contributed by atoms with Crippen LogP contribution in [0.2, 0.25) is 0 Å². The van der Waals surface area contributed by atoms with E-state index in [0.29, 0.717) is 11.3 Å². The molecule has 0 saturated heterocycles. The van der Waals surface area contributed by atoms with Gasteiger partial charge in [-0.3, -0.25) is 0 Å². The van der Waals surface area contributed by atoms with Crippen LogP contribution in [0.4, 0.5) is 5.69 Å². The van der Waals surface area contributed by atoms with Gasteiger partial charge in [-0.2, -0.15) is 0 Å². The van der Waals surface area contributed by atoms with Gasteiger partial charge in [-0.1, -0.05) is 6.07 Å². The summed E-state index contributed by atoms with van der Waals surface area (Å²) in [5, 5.41) is 0.906. The molecule has 1 aromatic rings. The number of benzene rings is 1. The van der Waals surface area contributed by atoms with Crippen LogP contribution in [-0.4, -0.2) is 21.5 Å². The molecule has 84 valence electrons. The number of carbonyl (C=O) groups excluding carboxylic acids is 1. The molecule has 0 aliphatic carbocycles. The van der Waals surface area contributed by atoms with E-state index in [-0.39, 0.29) is 10.5 Å². The lowest BCUT2D eigenvalue weighted by Gasteiger charge is -2.02. The maximum Gasteiger partial charge on any atom is 0.339 e. The number of esters is 1. The molecule has 1 heterocycles. The molecule has 2 N–H and O–H groups in total. The summed E-state index contributed by atoms with van der Waals surface area (Å²) in [6.45, 7) is 0. The Balaban J connectivity index is 2.70. The zero-order chi connectivity index (χ0) is 11.9. The van der Waals surface area contributed by atoms with Crippen LogP contribution in [0.5, 0.6) is 0 Å². The summed E-state index contributed by atoms with van der Waals surface area (Å²) < 4.78 is 27.9. The fourth-order valence-corrected chi connectivity index (χ4v) is 2.99. The molecule has 16 heavy (non-hydrogen) atoms. The average Bonchev–Trinajstić information content (AvgIpc) is 2.50. The highest BCUT2D eigenvalue weighted by molar-refractivity contribution is 7.95. The van der Waals surface area contributed by atoms with Gasteiger partial charge in [0.15, 0.2) is 0 Å². The Morgan fingerprint density at radius 3 is 2.69 bits per heavy atom. The third-order valence-corrected chi connectivity index (χ3v) is 3.78. The second-order valence-corrected chi connectivity index (χ2v) is 5.09. The zero-order valence-corrected chi connectivity index (χ0v) is 9.24. The van der Waals surface area contributed by atoms with Crippen LogP contribution in [0.25, 0.3) is 5.57 Å². The van der Waals surface area contributed by atoms with Crippen molar-refractivity contribution < 1.29 is 17.9 Å². The number of ether oxygens (including phenoxy) is 1. The van der Waals surface area contributed by atoms with Crippen molar-refractivity contribution in [3.05, 3.63) is 29.2 Å². The first-order chi connectivity index (χ1) is 7.45. The molecule has 1 aliphatic heterocycles. The highest BCUT2D eigenvalue weighted by Gasteiger charge is 2.31. The summed E-state index contributed by atoms with van der Waals surface area (Å²) in [6.07, 6.45) is 0. The smallest absolute Gasteiger partial charge is 0.339 e. The molecule has 0 bridgehead atoms. The fraction of sp³-hybridized carbons (Fsp3) is 0.100. The normalized spacial score (nSPS) is 16.4. The van der Waals surface area contributed by atoms with Gasteiger partial charge in [0.2, 0.25) is 9.84 Å². The number of hydrogen-bond donors (Lipinski definition) is 1. The molecule has 5 nitrogen and oxygen atoms in total. The van der Waals surface area contributed by atoms with Crippen molar-refractivity contribution in [3.8, 4) is 0 Å². The second-order valence-electron chi connectivity index (χ2n) is 3.32. The van der Waals surface area contributed by atoms with Gasteiger partial charge in [-0.05, 0) is 12.1 Å². The van der Waals surface area contributed by atoms with Crippen LogP contribution in [-0.2, 0) is 19.4 Å². The summed E-state index contributed by atoms with van der Waals surface area (Å²) in [5.74, 6) is -0.674. The number of nitrogen functional groups attached to an aromatic ring is 1. The molecule has 0 amide bonds. The predicted octanol–water partition coefficient (Wildman–Crippen LogP) is 0.570. The highest BCUT2D eigenvalue weighted by Crippen LogP contribution is 2.35. The lowest BCUT2D eigenvalue weighted by molar-refractivity contribution is -0.133. The van der Waals surface area contributed by atoms with Crippen LogP contribution in [0.15, 0.2) is 28.5 Å². The van der Waals surface area contributed by atoms with E-state index in [4.69, 9.17) is 5.73 Å². The standard InChI is InChI=1S/C10H9NO4S/c1-15-10(12)8-5-16(13,14)9-4-6(11)2-3-7(8)9/h2-5H,11H2,1H3. The van der Waals surface area contributed by atoms with E-state index in [1.807, 2.05) is 0 Å². The van der Waals surface area contributed by atoms with Gasteiger partial charge in [0, 0.05) is 11.3 Å². The van der Waals surface area contributed by atoms with Crippen molar-refractivity contribution in [2.75, 3.05) is 12.8 Å². The van der Waals surface area contributed by atoms with Gasteiger partial charge in [0.1, 0.15) is 0 Å². The third kappa shape index (κ3) is 1.47. The van der Waals surface area contributed by atoms with Crippen molar-refractivity contribution in [1.29, 1.82) is 0 Å². The van der Waals surface area contributed by atoms with E-state index >= 15 is 0 Å². The van der Waals surface area contributed by atoms with Crippen molar-refractivity contribution in [2.24, 2.45) is 0 Å². The van der Waals surface area contributed by atoms with Crippen LogP contribution in [0.1, 0.15) is 5.56 Å². The Labute approximate surface area is 92.4 Å². The van der Waals surface area contributed by atoms with E-state index in [9.17, 15) is 13.2 Å². The summed E-state index contributed by atoms with van der Waals surface area (Å²) in [6, 6.07) is 4.37. The van der Waals surface area contributed by atoms with Gasteiger partial charge >= 0.3 is 5.97 Å². The molecule has 6 heteroatoms. The minimum absolute atomic E-state index is 0.0394. The monoisotopic (exact) mass is 239 g/mol. The van der Waals surface area contributed by atoms with Crippen molar-refractivity contribution in [3.63, 3.8) is 0 Å². The lowest BCUT2D eigenvalue weighted by Crippen LogP contribution is -2.02. The number of hydrogen-bond acceptors (Lipinski definition) is 5. The third-order valence-electron chi connectivity index (χ3n) is 2.28. The molecule has 0 saturated carbocycles. The summed E-state index contributed by atoms with van der Waals surface area (Å²) in [5.41, 5.74) is 6.21. The number of rotatable bonds is 1. The highest BCUT2D eigenvalue weighted by atomic mass is 32.2. The Hall–Kier alpha value is -1.82. The molecule has 0 unspecified atom stereocenters. The van der Waals surface area contributed by atoms with E-state index in [2.05, 4.69) is 4.74 Å². The molecule has 0 atom stereocenters. The molecule has 1 aliphatic rings. The Morgan fingerprint density at radius 2 is 2.06 bits per heavy atom. The maximum atomic E-state index is 11.7. The minimum Gasteiger partial charge on any atom is -0.465 e. The molecular formula is C10H9NO4S. The van der Waals surface area contributed by atoms with Crippen molar-refractivity contribution >= 4 is 27.1 Å². The van der Waals surface area contributed by atoms with E-state index in [0.717, 1.165) is 5.41 Å². The lowest BCUT2D eigenvalue weighted by atomic mass is 10.1. The molecule has 0 aromatic heterocycles. The number of nitrogens with two attached hydrogens (primary N) is 1. The number of anilines is 1. The molecule has 2 rings (SSSR count). The van der Waals surface area contributed by atoms with E-state index in [1.165, 1.54) is 25.3 Å².